The fraction of sp³-hybridized carbons (Fsp3) is 0.353. The monoisotopic (exact) mass is 303 g/mol. The van der Waals surface area contributed by atoms with Gasteiger partial charge in [-0.1, -0.05) is 35.9 Å². The molecule has 0 atom stereocenters. The van der Waals surface area contributed by atoms with E-state index in [1.165, 1.54) is 5.56 Å². The van der Waals surface area contributed by atoms with Crippen LogP contribution in [0.4, 0.5) is 0 Å². The Balaban J connectivity index is 2.29. The molecule has 1 aromatic carbocycles. The Morgan fingerprint density at radius 3 is 2.90 bits per heavy atom. The third-order valence-corrected chi connectivity index (χ3v) is 4.40. The Morgan fingerprint density at radius 2 is 2.10 bits per heavy atom. The number of hydrogen-bond acceptors (Lipinski definition) is 2. The second kappa shape index (κ2) is 6.04. The van der Waals surface area contributed by atoms with E-state index in [2.05, 4.69) is 17.1 Å². The van der Waals surface area contributed by atoms with Gasteiger partial charge in [-0.2, -0.15) is 0 Å². The molecule has 1 aromatic heterocycles. The fourth-order valence-electron chi connectivity index (χ4n) is 3.10. The Kier molecular flexibility index (Phi) is 4.13. The number of benzene rings is 1. The molecule has 0 radical (unpaired) electrons. The van der Waals surface area contributed by atoms with E-state index in [0.717, 1.165) is 41.5 Å². The summed E-state index contributed by atoms with van der Waals surface area (Å²) in [5, 5.41) is 0.480. The highest BCUT2D eigenvalue weighted by molar-refractivity contribution is 6.30. The van der Waals surface area contributed by atoms with Crippen molar-refractivity contribution >= 4 is 11.6 Å². The first kappa shape index (κ1) is 14.4. The molecule has 1 heterocycles. The number of fused-ring (bicyclic) bond motifs is 3. The Morgan fingerprint density at radius 1 is 1.29 bits per heavy atom. The van der Waals surface area contributed by atoms with E-state index in [9.17, 15) is 4.79 Å². The van der Waals surface area contributed by atoms with Gasteiger partial charge in [-0.3, -0.25) is 4.79 Å². The van der Waals surface area contributed by atoms with Crippen molar-refractivity contribution < 1.29 is 4.74 Å². The largest absolute Gasteiger partial charge is 0.384 e. The summed E-state index contributed by atoms with van der Waals surface area (Å²) in [6.45, 7) is 0.527. The molecule has 0 fully saturated rings. The van der Waals surface area contributed by atoms with Gasteiger partial charge in [-0.25, -0.2) is 0 Å². The summed E-state index contributed by atoms with van der Waals surface area (Å²) in [6, 6.07) is 8.29. The van der Waals surface area contributed by atoms with Crippen LogP contribution in [0.5, 0.6) is 0 Å². The topological polar surface area (TPSA) is 42.1 Å². The number of halogens is 1. The second-order valence-corrected chi connectivity index (χ2v) is 5.73. The Hall–Kier alpha value is -1.58. The van der Waals surface area contributed by atoms with Gasteiger partial charge in [0.15, 0.2) is 0 Å². The molecular formula is C17H18ClNO2. The average Bonchev–Trinajstić information content (AvgIpc) is 2.67. The minimum Gasteiger partial charge on any atom is -0.384 e. The second-order valence-electron chi connectivity index (χ2n) is 5.35. The van der Waals surface area contributed by atoms with Gasteiger partial charge >= 0.3 is 0 Å². The predicted molar refractivity (Wildman–Crippen MR) is 85.1 cm³/mol. The normalized spacial score (nSPS) is 13.4. The molecule has 0 bridgehead atoms. The van der Waals surface area contributed by atoms with Crippen molar-refractivity contribution in [1.82, 2.24) is 4.98 Å². The first-order valence-electron chi connectivity index (χ1n) is 7.23. The van der Waals surface area contributed by atoms with E-state index in [1.54, 1.807) is 7.11 Å². The molecule has 0 amide bonds. The first-order chi connectivity index (χ1) is 10.2. The lowest BCUT2D eigenvalue weighted by atomic mass is 9.92. The lowest BCUT2D eigenvalue weighted by Crippen LogP contribution is -2.18. The zero-order valence-corrected chi connectivity index (χ0v) is 12.8. The van der Waals surface area contributed by atoms with E-state index in [4.69, 9.17) is 16.3 Å². The van der Waals surface area contributed by atoms with E-state index in [1.807, 2.05) is 12.1 Å². The molecule has 1 aliphatic carbocycles. The zero-order valence-electron chi connectivity index (χ0n) is 12.0. The van der Waals surface area contributed by atoms with Crippen LogP contribution in [-0.4, -0.2) is 18.7 Å². The molecule has 0 spiro atoms. The minimum atomic E-state index is -0.104. The summed E-state index contributed by atoms with van der Waals surface area (Å²) in [4.78, 5) is 15.1. The number of rotatable bonds is 3. The maximum Gasteiger partial charge on any atom is 0.252 e. The van der Waals surface area contributed by atoms with Gasteiger partial charge in [-0.15, -0.1) is 0 Å². The molecule has 1 aliphatic rings. The fourth-order valence-corrected chi connectivity index (χ4v) is 3.37. The summed E-state index contributed by atoms with van der Waals surface area (Å²) < 4.78 is 5.16. The molecule has 3 nitrogen and oxygen atoms in total. The van der Waals surface area contributed by atoms with Crippen molar-refractivity contribution in [2.75, 3.05) is 13.7 Å². The maximum atomic E-state index is 12.3. The molecule has 4 heteroatoms. The lowest BCUT2D eigenvalue weighted by molar-refractivity contribution is 0.202. The molecule has 0 unspecified atom stereocenters. The number of pyridine rings is 1. The molecule has 0 aliphatic heterocycles. The van der Waals surface area contributed by atoms with Gasteiger partial charge in [0.25, 0.3) is 5.56 Å². The zero-order chi connectivity index (χ0) is 14.8. The van der Waals surface area contributed by atoms with Crippen molar-refractivity contribution in [3.05, 3.63) is 56.5 Å². The average molecular weight is 304 g/mol. The van der Waals surface area contributed by atoms with Gasteiger partial charge < -0.3 is 9.72 Å². The number of nitrogens with one attached hydrogen (secondary N) is 1. The smallest absolute Gasteiger partial charge is 0.252 e. The van der Waals surface area contributed by atoms with E-state index in [-0.39, 0.29) is 5.56 Å². The standard InChI is InChI=1S/C17H18ClNO2/c1-21-10-9-14-15-12-7-3-2-5-11(12)6-4-8-13(15)16(18)19-17(14)20/h2-3,5,7H,4,6,8-10H2,1H3,(H,19,20). The number of aromatic nitrogens is 1. The summed E-state index contributed by atoms with van der Waals surface area (Å²) in [6.07, 6.45) is 3.54. The van der Waals surface area contributed by atoms with Crippen molar-refractivity contribution in [2.45, 2.75) is 25.7 Å². The molecular weight excluding hydrogens is 286 g/mol. The predicted octanol–water partition coefficient (Wildman–Crippen LogP) is 3.37. The summed E-state index contributed by atoms with van der Waals surface area (Å²) in [5.41, 5.74) is 5.19. The number of aromatic amines is 1. The molecule has 1 N–H and O–H groups in total. The van der Waals surface area contributed by atoms with E-state index < -0.39 is 0 Å². The van der Waals surface area contributed by atoms with Crippen LogP contribution in [0, 0.1) is 0 Å². The molecule has 0 saturated carbocycles. The van der Waals surface area contributed by atoms with Crippen LogP contribution >= 0.6 is 11.6 Å². The van der Waals surface area contributed by atoms with Crippen molar-refractivity contribution in [3.63, 3.8) is 0 Å². The van der Waals surface area contributed by atoms with Crippen LogP contribution < -0.4 is 5.56 Å². The highest BCUT2D eigenvalue weighted by Crippen LogP contribution is 2.36. The van der Waals surface area contributed by atoms with Crippen LogP contribution in [0.25, 0.3) is 11.1 Å². The van der Waals surface area contributed by atoms with Crippen molar-refractivity contribution in [3.8, 4) is 11.1 Å². The number of aryl methyl sites for hydroxylation is 1. The molecule has 21 heavy (non-hydrogen) atoms. The summed E-state index contributed by atoms with van der Waals surface area (Å²) >= 11 is 6.31. The van der Waals surface area contributed by atoms with Crippen LogP contribution in [0.1, 0.15) is 23.1 Å². The van der Waals surface area contributed by atoms with Crippen LogP contribution in [0.15, 0.2) is 29.1 Å². The third kappa shape index (κ3) is 2.63. The molecule has 2 aromatic rings. The highest BCUT2D eigenvalue weighted by atomic mass is 35.5. The summed E-state index contributed by atoms with van der Waals surface area (Å²) in [5.74, 6) is 0. The SMILES string of the molecule is COCCc1c2c(c(Cl)[nH]c1=O)CCCc1ccccc1-2. The molecule has 0 saturated heterocycles. The van der Waals surface area contributed by atoms with Crippen LogP contribution in [-0.2, 0) is 24.0 Å². The Labute approximate surface area is 128 Å². The van der Waals surface area contributed by atoms with Crippen molar-refractivity contribution in [1.29, 1.82) is 0 Å². The van der Waals surface area contributed by atoms with Crippen LogP contribution in [0.2, 0.25) is 5.15 Å². The van der Waals surface area contributed by atoms with Crippen molar-refractivity contribution in [2.24, 2.45) is 0 Å². The van der Waals surface area contributed by atoms with Gasteiger partial charge in [0.1, 0.15) is 5.15 Å². The maximum absolute atomic E-state index is 12.3. The number of ether oxygens (including phenoxy) is 1. The van der Waals surface area contributed by atoms with Gasteiger partial charge in [-0.05, 0) is 41.5 Å². The number of hydrogen-bond donors (Lipinski definition) is 1. The summed E-state index contributed by atoms with van der Waals surface area (Å²) in [7, 11) is 1.65. The first-order valence-corrected chi connectivity index (χ1v) is 7.61. The molecule has 110 valence electrons. The van der Waals surface area contributed by atoms with E-state index in [0.29, 0.717) is 18.2 Å². The molecule has 3 rings (SSSR count). The number of methoxy groups -OCH3 is 1. The van der Waals surface area contributed by atoms with Gasteiger partial charge in [0.05, 0.1) is 6.61 Å². The van der Waals surface area contributed by atoms with Crippen LogP contribution in [0.3, 0.4) is 0 Å². The van der Waals surface area contributed by atoms with E-state index >= 15 is 0 Å². The number of H-pyrrole nitrogens is 1. The lowest BCUT2D eigenvalue weighted by Gasteiger charge is -2.15. The quantitative estimate of drug-likeness (QED) is 0.883. The highest BCUT2D eigenvalue weighted by Gasteiger charge is 2.22. The van der Waals surface area contributed by atoms with Gasteiger partial charge in [0, 0.05) is 19.1 Å². The Bertz CT molecular complexity index is 721. The third-order valence-electron chi connectivity index (χ3n) is 4.08. The van der Waals surface area contributed by atoms with Gasteiger partial charge in [0.2, 0.25) is 0 Å². The minimum absolute atomic E-state index is 0.104.